The van der Waals surface area contributed by atoms with Gasteiger partial charge in [-0.15, -0.1) is 22.0 Å². The van der Waals surface area contributed by atoms with Crippen LogP contribution in [-0.4, -0.2) is 28.5 Å². The molecule has 27 heavy (non-hydrogen) atoms. The highest BCUT2D eigenvalue weighted by atomic mass is 32.2. The van der Waals surface area contributed by atoms with Crippen LogP contribution in [0, 0.1) is 0 Å². The standard InChI is InChI=1S/C20H21N3O2S2/c24-18(13-15-26-17-10-5-2-6-11-17)21-20-23-22-19(27-20)12-7-14-25-16-8-3-1-4-9-16/h1-6,8-11H,7,12-15H2,(H,21,23,24). The molecule has 5 nitrogen and oxygen atoms in total. The highest BCUT2D eigenvalue weighted by molar-refractivity contribution is 7.99. The average molecular weight is 400 g/mol. The van der Waals surface area contributed by atoms with Crippen LogP contribution in [0.3, 0.4) is 0 Å². The second-order valence-corrected chi connectivity index (χ2v) is 7.96. The van der Waals surface area contributed by atoms with Crippen LogP contribution < -0.4 is 10.1 Å². The van der Waals surface area contributed by atoms with Gasteiger partial charge in [-0.1, -0.05) is 47.7 Å². The van der Waals surface area contributed by atoms with Gasteiger partial charge in [-0.05, 0) is 30.7 Å². The molecule has 0 aliphatic carbocycles. The van der Waals surface area contributed by atoms with Gasteiger partial charge in [0, 0.05) is 23.5 Å². The maximum absolute atomic E-state index is 12.0. The van der Waals surface area contributed by atoms with Crippen molar-refractivity contribution in [3.05, 3.63) is 65.7 Å². The highest BCUT2D eigenvalue weighted by Crippen LogP contribution is 2.20. The molecule has 2 aromatic carbocycles. The summed E-state index contributed by atoms with van der Waals surface area (Å²) in [7, 11) is 0. The number of carbonyl (C=O) groups is 1. The number of aryl methyl sites for hydroxylation is 1. The molecule has 0 fully saturated rings. The molecular weight excluding hydrogens is 378 g/mol. The number of rotatable bonds is 10. The number of carbonyl (C=O) groups excluding carboxylic acids is 1. The van der Waals surface area contributed by atoms with Gasteiger partial charge < -0.3 is 10.1 Å². The Kier molecular flexibility index (Phi) is 7.68. The van der Waals surface area contributed by atoms with E-state index in [1.807, 2.05) is 60.7 Å². The third-order valence-corrected chi connectivity index (χ3v) is 5.51. The molecule has 3 rings (SSSR count). The first-order valence-corrected chi connectivity index (χ1v) is 10.6. The van der Waals surface area contributed by atoms with Gasteiger partial charge in [0.05, 0.1) is 6.61 Å². The number of thioether (sulfide) groups is 1. The number of amides is 1. The van der Waals surface area contributed by atoms with Gasteiger partial charge in [-0.25, -0.2) is 0 Å². The Hall–Kier alpha value is -2.38. The van der Waals surface area contributed by atoms with Crippen LogP contribution in [0.4, 0.5) is 5.13 Å². The molecule has 1 N–H and O–H groups in total. The van der Waals surface area contributed by atoms with Crippen molar-refractivity contribution in [2.24, 2.45) is 0 Å². The monoisotopic (exact) mass is 399 g/mol. The Bertz CT molecular complexity index is 826. The molecule has 1 amide bonds. The van der Waals surface area contributed by atoms with Crippen molar-refractivity contribution in [2.45, 2.75) is 24.2 Å². The number of nitrogens with zero attached hydrogens (tertiary/aromatic N) is 2. The number of ether oxygens (including phenoxy) is 1. The first kappa shape index (κ1) is 19.4. The molecule has 140 valence electrons. The van der Waals surface area contributed by atoms with E-state index in [0.29, 0.717) is 18.2 Å². The number of aromatic nitrogens is 2. The summed E-state index contributed by atoms with van der Waals surface area (Å²) in [6.07, 6.45) is 2.08. The summed E-state index contributed by atoms with van der Waals surface area (Å²) in [4.78, 5) is 13.2. The van der Waals surface area contributed by atoms with Crippen LogP contribution in [0.1, 0.15) is 17.8 Å². The molecule has 0 radical (unpaired) electrons. The Balaban J connectivity index is 1.33. The fraction of sp³-hybridized carbons (Fsp3) is 0.250. The number of anilines is 1. The zero-order valence-electron chi connectivity index (χ0n) is 14.8. The van der Waals surface area contributed by atoms with Crippen LogP contribution in [0.5, 0.6) is 5.75 Å². The van der Waals surface area contributed by atoms with Crippen LogP contribution in [0.2, 0.25) is 0 Å². The molecule has 0 saturated heterocycles. The molecule has 0 saturated carbocycles. The van der Waals surface area contributed by atoms with E-state index < -0.39 is 0 Å². The largest absolute Gasteiger partial charge is 0.494 e. The smallest absolute Gasteiger partial charge is 0.227 e. The van der Waals surface area contributed by atoms with Gasteiger partial charge in [0.1, 0.15) is 10.8 Å². The summed E-state index contributed by atoms with van der Waals surface area (Å²) in [5.41, 5.74) is 0. The van der Waals surface area contributed by atoms with E-state index in [9.17, 15) is 4.79 Å². The Labute approximate surface area is 167 Å². The van der Waals surface area contributed by atoms with Gasteiger partial charge in [0.15, 0.2) is 0 Å². The van der Waals surface area contributed by atoms with Crippen LogP contribution in [0.25, 0.3) is 0 Å². The molecule has 0 aliphatic rings. The molecule has 1 heterocycles. The number of benzene rings is 2. The number of para-hydroxylation sites is 1. The molecule has 0 atom stereocenters. The number of nitrogens with one attached hydrogen (secondary N) is 1. The molecule has 1 aromatic heterocycles. The number of hydrogen-bond donors (Lipinski definition) is 1. The fourth-order valence-electron chi connectivity index (χ4n) is 2.30. The Morgan fingerprint density at radius 1 is 1.04 bits per heavy atom. The SMILES string of the molecule is O=C(CCSc1ccccc1)Nc1nnc(CCCOc2ccccc2)s1. The van der Waals surface area contributed by atoms with E-state index in [4.69, 9.17) is 4.74 Å². The summed E-state index contributed by atoms with van der Waals surface area (Å²) in [5, 5.41) is 12.5. The maximum Gasteiger partial charge on any atom is 0.227 e. The lowest BCUT2D eigenvalue weighted by atomic mass is 10.3. The summed E-state index contributed by atoms with van der Waals surface area (Å²) < 4.78 is 5.66. The van der Waals surface area contributed by atoms with Crippen molar-refractivity contribution >= 4 is 34.1 Å². The minimum Gasteiger partial charge on any atom is -0.494 e. The normalized spacial score (nSPS) is 10.5. The first-order valence-electron chi connectivity index (χ1n) is 8.77. The lowest BCUT2D eigenvalue weighted by molar-refractivity contribution is -0.115. The van der Waals surface area contributed by atoms with E-state index in [2.05, 4.69) is 15.5 Å². The van der Waals surface area contributed by atoms with Gasteiger partial charge in [0.25, 0.3) is 0 Å². The molecule has 7 heteroatoms. The topological polar surface area (TPSA) is 64.1 Å². The molecule has 0 spiro atoms. The zero-order chi connectivity index (χ0) is 18.7. The van der Waals surface area contributed by atoms with Crippen molar-refractivity contribution in [3.8, 4) is 5.75 Å². The van der Waals surface area contributed by atoms with E-state index in [1.54, 1.807) is 11.8 Å². The van der Waals surface area contributed by atoms with Crippen molar-refractivity contribution in [1.82, 2.24) is 10.2 Å². The maximum atomic E-state index is 12.0. The number of hydrogen-bond acceptors (Lipinski definition) is 6. The third kappa shape index (κ3) is 7.03. The second kappa shape index (κ2) is 10.7. The minimum atomic E-state index is -0.0338. The van der Waals surface area contributed by atoms with E-state index in [1.165, 1.54) is 16.2 Å². The van der Waals surface area contributed by atoms with Gasteiger partial charge in [-0.3, -0.25) is 4.79 Å². The van der Waals surface area contributed by atoms with Crippen molar-refractivity contribution in [3.63, 3.8) is 0 Å². The predicted octanol–water partition coefficient (Wildman–Crippen LogP) is 4.67. The van der Waals surface area contributed by atoms with Crippen LogP contribution in [-0.2, 0) is 11.2 Å². The molecule has 0 aliphatic heterocycles. The summed E-state index contributed by atoms with van der Waals surface area (Å²) >= 11 is 3.09. The second-order valence-electron chi connectivity index (χ2n) is 5.73. The van der Waals surface area contributed by atoms with Gasteiger partial charge in [-0.2, -0.15) is 0 Å². The highest BCUT2D eigenvalue weighted by Gasteiger charge is 2.08. The average Bonchev–Trinajstić information content (AvgIpc) is 3.14. The van der Waals surface area contributed by atoms with Crippen LogP contribution in [0.15, 0.2) is 65.6 Å². The van der Waals surface area contributed by atoms with E-state index in [0.717, 1.165) is 29.4 Å². The third-order valence-electron chi connectivity index (χ3n) is 3.60. The van der Waals surface area contributed by atoms with Gasteiger partial charge >= 0.3 is 0 Å². The van der Waals surface area contributed by atoms with E-state index >= 15 is 0 Å². The lowest BCUT2D eigenvalue weighted by Crippen LogP contribution is -2.11. The minimum absolute atomic E-state index is 0.0338. The Morgan fingerprint density at radius 2 is 1.78 bits per heavy atom. The molecule has 0 unspecified atom stereocenters. The molecule has 3 aromatic rings. The van der Waals surface area contributed by atoms with E-state index in [-0.39, 0.29) is 5.91 Å². The summed E-state index contributed by atoms with van der Waals surface area (Å²) in [6.45, 7) is 0.627. The quantitative estimate of drug-likeness (QED) is 0.396. The van der Waals surface area contributed by atoms with Crippen molar-refractivity contribution < 1.29 is 9.53 Å². The summed E-state index contributed by atoms with van der Waals surface area (Å²) in [6, 6.07) is 19.8. The lowest BCUT2D eigenvalue weighted by Gasteiger charge is -2.04. The fourth-order valence-corrected chi connectivity index (χ4v) is 3.97. The molecular formula is C20H21N3O2S2. The first-order chi connectivity index (χ1) is 13.3. The molecule has 0 bridgehead atoms. The van der Waals surface area contributed by atoms with Gasteiger partial charge in [0.2, 0.25) is 11.0 Å². The Morgan fingerprint density at radius 3 is 2.56 bits per heavy atom. The predicted molar refractivity (Wildman–Crippen MR) is 111 cm³/mol. The zero-order valence-corrected chi connectivity index (χ0v) is 16.5. The van der Waals surface area contributed by atoms with Crippen molar-refractivity contribution in [1.29, 1.82) is 0 Å². The van der Waals surface area contributed by atoms with Crippen molar-refractivity contribution in [2.75, 3.05) is 17.7 Å². The summed E-state index contributed by atoms with van der Waals surface area (Å²) in [5.74, 6) is 1.57. The van der Waals surface area contributed by atoms with Crippen LogP contribution >= 0.6 is 23.1 Å².